The van der Waals surface area contributed by atoms with Crippen LogP contribution in [-0.2, 0) is 11.3 Å². The minimum atomic E-state index is -0.269. The van der Waals surface area contributed by atoms with Crippen LogP contribution in [-0.4, -0.2) is 31.2 Å². The maximum Gasteiger partial charge on any atom is 0.258 e. The number of rotatable bonds is 13. The number of halogens is 1. The SMILES string of the molecule is CCCCCCCNCc1ccc(OCC(=O)NC(C)(C)C)c(OCC)c1.Cl. The lowest BCUT2D eigenvalue weighted by Gasteiger charge is -2.21. The third-order valence-electron chi connectivity index (χ3n) is 3.97. The number of carbonyl (C=O) groups is 1. The number of amides is 1. The number of unbranched alkanes of at least 4 members (excludes halogenated alkanes) is 4. The highest BCUT2D eigenvalue weighted by molar-refractivity contribution is 5.85. The van der Waals surface area contributed by atoms with Crippen molar-refractivity contribution in [2.45, 2.75) is 78.8 Å². The maximum atomic E-state index is 11.9. The Morgan fingerprint density at radius 3 is 2.36 bits per heavy atom. The first-order valence-electron chi connectivity index (χ1n) is 10.3. The molecule has 28 heavy (non-hydrogen) atoms. The van der Waals surface area contributed by atoms with Crippen LogP contribution in [0.3, 0.4) is 0 Å². The fourth-order valence-electron chi connectivity index (χ4n) is 2.73. The van der Waals surface area contributed by atoms with Crippen molar-refractivity contribution in [3.8, 4) is 11.5 Å². The van der Waals surface area contributed by atoms with Gasteiger partial charge in [0, 0.05) is 12.1 Å². The minimum absolute atomic E-state index is 0. The molecule has 5 nitrogen and oxygen atoms in total. The van der Waals surface area contributed by atoms with Gasteiger partial charge in [0.05, 0.1) is 6.61 Å². The Morgan fingerprint density at radius 1 is 1.00 bits per heavy atom. The molecule has 0 aromatic heterocycles. The quantitative estimate of drug-likeness (QED) is 0.452. The van der Waals surface area contributed by atoms with Crippen LogP contribution in [0.15, 0.2) is 18.2 Å². The highest BCUT2D eigenvalue weighted by Crippen LogP contribution is 2.28. The number of carbonyl (C=O) groups excluding carboxylic acids is 1. The Morgan fingerprint density at radius 2 is 1.71 bits per heavy atom. The topological polar surface area (TPSA) is 59.6 Å². The lowest BCUT2D eigenvalue weighted by Crippen LogP contribution is -2.43. The van der Waals surface area contributed by atoms with Crippen molar-refractivity contribution in [1.29, 1.82) is 0 Å². The Kier molecular flexibility index (Phi) is 13.8. The molecule has 0 fully saturated rings. The van der Waals surface area contributed by atoms with Gasteiger partial charge < -0.3 is 20.1 Å². The largest absolute Gasteiger partial charge is 0.490 e. The summed E-state index contributed by atoms with van der Waals surface area (Å²) in [5, 5.41) is 6.37. The van der Waals surface area contributed by atoms with E-state index in [0.717, 1.165) is 18.7 Å². The molecule has 0 aliphatic heterocycles. The van der Waals surface area contributed by atoms with Crippen molar-refractivity contribution >= 4 is 18.3 Å². The highest BCUT2D eigenvalue weighted by Gasteiger charge is 2.15. The lowest BCUT2D eigenvalue weighted by atomic mass is 10.1. The summed E-state index contributed by atoms with van der Waals surface area (Å²) >= 11 is 0. The zero-order valence-corrected chi connectivity index (χ0v) is 19.0. The molecule has 1 aromatic carbocycles. The number of hydrogen-bond donors (Lipinski definition) is 2. The van der Waals surface area contributed by atoms with Crippen LogP contribution in [0.1, 0.15) is 72.3 Å². The second-order valence-corrected chi connectivity index (χ2v) is 7.89. The van der Waals surface area contributed by atoms with Crippen LogP contribution in [0.5, 0.6) is 11.5 Å². The molecule has 1 aromatic rings. The average Bonchev–Trinajstić information content (AvgIpc) is 2.59. The molecule has 0 aliphatic rings. The average molecular weight is 415 g/mol. The van der Waals surface area contributed by atoms with Gasteiger partial charge in [-0.15, -0.1) is 12.4 Å². The van der Waals surface area contributed by atoms with Gasteiger partial charge in [-0.1, -0.05) is 38.7 Å². The van der Waals surface area contributed by atoms with Crippen LogP contribution >= 0.6 is 12.4 Å². The zero-order valence-electron chi connectivity index (χ0n) is 18.2. The van der Waals surface area contributed by atoms with E-state index in [1.165, 1.54) is 32.1 Å². The molecule has 0 bridgehead atoms. The van der Waals surface area contributed by atoms with E-state index in [1.807, 2.05) is 45.9 Å². The molecular weight excluding hydrogens is 376 g/mol. The van der Waals surface area contributed by atoms with Gasteiger partial charge in [0.2, 0.25) is 0 Å². The van der Waals surface area contributed by atoms with Crippen molar-refractivity contribution in [3.05, 3.63) is 23.8 Å². The Hall–Kier alpha value is -1.46. The molecule has 1 amide bonds. The van der Waals surface area contributed by atoms with Gasteiger partial charge in [-0.2, -0.15) is 0 Å². The van der Waals surface area contributed by atoms with Crippen molar-refractivity contribution < 1.29 is 14.3 Å². The van der Waals surface area contributed by atoms with E-state index < -0.39 is 0 Å². The predicted molar refractivity (Wildman–Crippen MR) is 119 cm³/mol. The number of benzene rings is 1. The number of hydrogen-bond acceptors (Lipinski definition) is 4. The summed E-state index contributed by atoms with van der Waals surface area (Å²) in [5.41, 5.74) is 0.883. The van der Waals surface area contributed by atoms with Gasteiger partial charge in [0.15, 0.2) is 18.1 Å². The normalized spacial score (nSPS) is 10.9. The fraction of sp³-hybridized carbons (Fsp3) is 0.682. The number of ether oxygens (including phenoxy) is 2. The van der Waals surface area contributed by atoms with Crippen LogP contribution < -0.4 is 20.1 Å². The standard InChI is InChI=1S/C22H38N2O3.ClH/c1-6-8-9-10-11-14-23-16-18-12-13-19(20(15-18)26-7-2)27-17-21(25)24-22(3,4)5;/h12-13,15,23H,6-11,14,16-17H2,1-5H3,(H,24,25);1H. The Labute approximate surface area is 177 Å². The van der Waals surface area contributed by atoms with Gasteiger partial charge in [0.25, 0.3) is 5.91 Å². The number of nitrogens with one attached hydrogen (secondary N) is 2. The van der Waals surface area contributed by atoms with Crippen molar-refractivity contribution in [2.75, 3.05) is 19.8 Å². The van der Waals surface area contributed by atoms with Crippen LogP contribution in [0.25, 0.3) is 0 Å². The summed E-state index contributed by atoms with van der Waals surface area (Å²) in [6.07, 6.45) is 6.42. The van der Waals surface area contributed by atoms with Crippen molar-refractivity contribution in [1.82, 2.24) is 10.6 Å². The fourth-order valence-corrected chi connectivity index (χ4v) is 2.73. The second-order valence-electron chi connectivity index (χ2n) is 7.89. The van der Waals surface area contributed by atoms with Gasteiger partial charge in [-0.3, -0.25) is 4.79 Å². The molecule has 0 heterocycles. The summed E-state index contributed by atoms with van der Waals surface area (Å²) in [6.45, 7) is 12.4. The van der Waals surface area contributed by atoms with E-state index in [0.29, 0.717) is 18.1 Å². The van der Waals surface area contributed by atoms with Gasteiger partial charge in [-0.25, -0.2) is 0 Å². The summed E-state index contributed by atoms with van der Waals surface area (Å²) in [6, 6.07) is 5.89. The van der Waals surface area contributed by atoms with Gasteiger partial charge in [0.1, 0.15) is 0 Å². The van der Waals surface area contributed by atoms with Crippen molar-refractivity contribution in [2.24, 2.45) is 0 Å². The first-order chi connectivity index (χ1) is 12.9. The van der Waals surface area contributed by atoms with Crippen LogP contribution in [0.2, 0.25) is 0 Å². The van der Waals surface area contributed by atoms with E-state index in [1.54, 1.807) is 0 Å². The highest BCUT2D eigenvalue weighted by atomic mass is 35.5. The molecule has 0 spiro atoms. The van der Waals surface area contributed by atoms with E-state index in [2.05, 4.69) is 17.6 Å². The molecule has 0 atom stereocenters. The lowest BCUT2D eigenvalue weighted by molar-refractivity contribution is -0.124. The van der Waals surface area contributed by atoms with E-state index in [9.17, 15) is 4.79 Å². The molecular formula is C22H39ClN2O3. The molecule has 162 valence electrons. The molecule has 0 saturated carbocycles. The minimum Gasteiger partial charge on any atom is -0.490 e. The van der Waals surface area contributed by atoms with E-state index in [4.69, 9.17) is 9.47 Å². The first-order valence-corrected chi connectivity index (χ1v) is 10.3. The van der Waals surface area contributed by atoms with Crippen LogP contribution in [0, 0.1) is 0 Å². The summed E-state index contributed by atoms with van der Waals surface area (Å²) in [5.74, 6) is 1.14. The van der Waals surface area contributed by atoms with E-state index in [-0.39, 0.29) is 30.5 Å². The zero-order chi connectivity index (χ0) is 20.1. The molecule has 0 aliphatic carbocycles. The summed E-state index contributed by atoms with van der Waals surface area (Å²) in [7, 11) is 0. The van der Waals surface area contributed by atoms with Crippen molar-refractivity contribution in [3.63, 3.8) is 0 Å². The third kappa shape index (κ3) is 12.1. The second kappa shape index (κ2) is 14.5. The Balaban J connectivity index is 0.00000729. The van der Waals surface area contributed by atoms with Gasteiger partial charge >= 0.3 is 0 Å². The van der Waals surface area contributed by atoms with E-state index >= 15 is 0 Å². The molecule has 1 rings (SSSR count). The van der Waals surface area contributed by atoms with Gasteiger partial charge in [-0.05, 0) is 58.4 Å². The maximum absolute atomic E-state index is 11.9. The summed E-state index contributed by atoms with van der Waals surface area (Å²) < 4.78 is 11.4. The molecule has 0 unspecified atom stereocenters. The monoisotopic (exact) mass is 414 g/mol. The first kappa shape index (κ1) is 26.5. The molecule has 2 N–H and O–H groups in total. The van der Waals surface area contributed by atoms with Crippen LogP contribution in [0.4, 0.5) is 0 Å². The predicted octanol–water partition coefficient (Wildman–Crippen LogP) is 4.86. The molecule has 0 radical (unpaired) electrons. The molecule has 0 saturated heterocycles. The Bertz CT molecular complexity index is 559. The smallest absolute Gasteiger partial charge is 0.258 e. The third-order valence-corrected chi connectivity index (χ3v) is 3.97. The molecule has 6 heteroatoms. The summed E-state index contributed by atoms with van der Waals surface area (Å²) in [4.78, 5) is 11.9.